The summed E-state index contributed by atoms with van der Waals surface area (Å²) in [6.45, 7) is 0.887. The van der Waals surface area contributed by atoms with Crippen molar-refractivity contribution in [3.05, 3.63) is 60.0 Å². The topological polar surface area (TPSA) is 117 Å². The summed E-state index contributed by atoms with van der Waals surface area (Å²) >= 11 is 0. The molecule has 0 aliphatic carbocycles. The number of ether oxygens (including phenoxy) is 3. The Morgan fingerprint density at radius 1 is 1.10 bits per heavy atom. The number of esters is 1. The van der Waals surface area contributed by atoms with E-state index in [-0.39, 0.29) is 30.2 Å². The molecule has 0 spiro atoms. The van der Waals surface area contributed by atoms with E-state index in [0.717, 1.165) is 5.56 Å². The average molecular weight is 422 g/mol. The first-order chi connectivity index (χ1) is 15.0. The first-order valence-electron chi connectivity index (χ1n) is 9.39. The van der Waals surface area contributed by atoms with Crippen molar-refractivity contribution in [2.45, 2.75) is 13.3 Å². The van der Waals surface area contributed by atoms with Crippen molar-refractivity contribution < 1.29 is 33.0 Å². The molecule has 0 saturated carbocycles. The molecule has 0 atom stereocenters. The lowest BCUT2D eigenvalue weighted by molar-refractivity contribution is -0.146. The molecule has 9 heteroatoms. The minimum absolute atomic E-state index is 0.0374. The molecule has 0 bridgehead atoms. The number of hydrogen-bond donors (Lipinski definition) is 1. The van der Waals surface area contributed by atoms with Crippen LogP contribution in [0.5, 0.6) is 11.5 Å². The monoisotopic (exact) mass is 422 g/mol. The number of Topliss-reactive ketones (excluding diaryl/α,β-unsaturated/α-hetero) is 1. The van der Waals surface area contributed by atoms with Crippen LogP contribution >= 0.6 is 0 Å². The number of nitrogens with one attached hydrogen (secondary N) is 1. The van der Waals surface area contributed by atoms with Gasteiger partial charge in [-0.25, -0.2) is 4.98 Å². The maximum atomic E-state index is 12.2. The molecule has 1 N–H and O–H groups in total. The molecule has 1 aromatic heterocycles. The predicted octanol–water partition coefficient (Wildman–Crippen LogP) is 3.00. The van der Waals surface area contributed by atoms with Gasteiger partial charge in [0.2, 0.25) is 12.7 Å². The summed E-state index contributed by atoms with van der Waals surface area (Å²) in [6, 6.07) is 12.3. The van der Waals surface area contributed by atoms with Gasteiger partial charge in [0.25, 0.3) is 5.91 Å². The summed E-state index contributed by atoms with van der Waals surface area (Å²) in [5.74, 6) is -0.262. The third kappa shape index (κ3) is 4.72. The minimum Gasteiger partial charge on any atom is -0.455 e. The number of carbonyl (C=O) groups excluding carboxylic acids is 3. The molecule has 2 heterocycles. The van der Waals surface area contributed by atoms with Crippen molar-refractivity contribution in [1.29, 1.82) is 0 Å². The second kappa shape index (κ2) is 8.70. The van der Waals surface area contributed by atoms with Crippen LogP contribution in [0.25, 0.3) is 11.5 Å². The number of fused-ring (bicyclic) bond motifs is 1. The van der Waals surface area contributed by atoms with Gasteiger partial charge in [0.1, 0.15) is 6.26 Å². The Balaban J connectivity index is 1.33. The van der Waals surface area contributed by atoms with E-state index < -0.39 is 18.5 Å². The highest BCUT2D eigenvalue weighted by Gasteiger charge is 2.21. The zero-order valence-electron chi connectivity index (χ0n) is 16.5. The van der Waals surface area contributed by atoms with Gasteiger partial charge in [0.05, 0.1) is 17.8 Å². The van der Waals surface area contributed by atoms with Crippen LogP contribution in [-0.4, -0.2) is 36.0 Å². The molecule has 2 aromatic carbocycles. The molecule has 158 valence electrons. The molecule has 1 aliphatic heterocycles. The summed E-state index contributed by atoms with van der Waals surface area (Å²) in [5.41, 5.74) is 1.69. The van der Waals surface area contributed by atoms with Crippen LogP contribution in [0.4, 0.5) is 5.69 Å². The predicted molar refractivity (Wildman–Crippen MR) is 108 cm³/mol. The van der Waals surface area contributed by atoms with Crippen LogP contribution in [0.2, 0.25) is 0 Å². The SMILES string of the molecule is CC(=O)c1cc2c(cc1NC(=O)COC(=O)Cc1coc(-c3ccccc3)n1)OCO2. The lowest BCUT2D eigenvalue weighted by Crippen LogP contribution is -2.22. The van der Waals surface area contributed by atoms with Gasteiger partial charge in [-0.1, -0.05) is 18.2 Å². The highest BCUT2D eigenvalue weighted by Crippen LogP contribution is 2.37. The van der Waals surface area contributed by atoms with Crippen molar-refractivity contribution in [2.75, 3.05) is 18.7 Å². The number of ketones is 1. The smallest absolute Gasteiger partial charge is 0.312 e. The van der Waals surface area contributed by atoms with Gasteiger partial charge < -0.3 is 23.9 Å². The lowest BCUT2D eigenvalue weighted by atomic mass is 10.1. The largest absolute Gasteiger partial charge is 0.455 e. The number of oxazole rings is 1. The van der Waals surface area contributed by atoms with Gasteiger partial charge in [-0.15, -0.1) is 0 Å². The van der Waals surface area contributed by atoms with Gasteiger partial charge >= 0.3 is 5.97 Å². The van der Waals surface area contributed by atoms with Gasteiger partial charge in [-0.2, -0.15) is 0 Å². The third-order valence-corrected chi connectivity index (χ3v) is 4.43. The molecule has 4 rings (SSSR count). The van der Waals surface area contributed by atoms with Gasteiger partial charge in [-0.05, 0) is 25.1 Å². The summed E-state index contributed by atoms with van der Waals surface area (Å²) in [7, 11) is 0. The van der Waals surface area contributed by atoms with E-state index in [0.29, 0.717) is 23.1 Å². The van der Waals surface area contributed by atoms with Crippen molar-refractivity contribution in [3.63, 3.8) is 0 Å². The summed E-state index contributed by atoms with van der Waals surface area (Å²) in [6.07, 6.45) is 1.22. The van der Waals surface area contributed by atoms with Crippen LogP contribution < -0.4 is 14.8 Å². The first kappa shape index (κ1) is 20.1. The molecule has 0 saturated heterocycles. The van der Waals surface area contributed by atoms with Crippen molar-refractivity contribution in [1.82, 2.24) is 4.98 Å². The molecule has 1 amide bonds. The molecule has 0 radical (unpaired) electrons. The lowest BCUT2D eigenvalue weighted by Gasteiger charge is -2.10. The van der Waals surface area contributed by atoms with E-state index in [4.69, 9.17) is 18.6 Å². The second-order valence-corrected chi connectivity index (χ2v) is 6.70. The number of hydrogen-bond acceptors (Lipinski definition) is 8. The zero-order valence-corrected chi connectivity index (χ0v) is 16.5. The van der Waals surface area contributed by atoms with Gasteiger partial charge in [0, 0.05) is 17.2 Å². The van der Waals surface area contributed by atoms with Crippen LogP contribution in [-0.2, 0) is 20.7 Å². The van der Waals surface area contributed by atoms with Crippen LogP contribution in [0.1, 0.15) is 23.0 Å². The highest BCUT2D eigenvalue weighted by atomic mass is 16.7. The number of amides is 1. The normalized spacial score (nSPS) is 11.8. The Hall–Kier alpha value is -4.14. The molecule has 9 nitrogen and oxygen atoms in total. The highest BCUT2D eigenvalue weighted by molar-refractivity contribution is 6.05. The van der Waals surface area contributed by atoms with Crippen LogP contribution in [0, 0.1) is 0 Å². The number of aromatic nitrogens is 1. The van der Waals surface area contributed by atoms with E-state index in [1.165, 1.54) is 25.3 Å². The third-order valence-electron chi connectivity index (χ3n) is 4.43. The fourth-order valence-corrected chi connectivity index (χ4v) is 2.97. The summed E-state index contributed by atoms with van der Waals surface area (Å²) in [5, 5.41) is 2.56. The molecular weight excluding hydrogens is 404 g/mol. The average Bonchev–Trinajstić information content (AvgIpc) is 3.41. The zero-order chi connectivity index (χ0) is 21.8. The molecule has 3 aromatic rings. The van der Waals surface area contributed by atoms with Gasteiger partial charge in [-0.3, -0.25) is 14.4 Å². The number of anilines is 1. The maximum absolute atomic E-state index is 12.2. The quantitative estimate of drug-likeness (QED) is 0.456. The Bertz CT molecular complexity index is 1140. The second-order valence-electron chi connectivity index (χ2n) is 6.70. The van der Waals surface area contributed by atoms with Crippen LogP contribution in [0.3, 0.4) is 0 Å². The molecular formula is C22H18N2O7. The van der Waals surface area contributed by atoms with Crippen molar-refractivity contribution in [2.24, 2.45) is 0 Å². The molecule has 0 fully saturated rings. The van der Waals surface area contributed by atoms with Crippen LogP contribution in [0.15, 0.2) is 53.1 Å². The Morgan fingerprint density at radius 3 is 2.58 bits per heavy atom. The van der Waals surface area contributed by atoms with Gasteiger partial charge in [0.15, 0.2) is 23.9 Å². The van der Waals surface area contributed by atoms with E-state index in [1.807, 2.05) is 30.3 Å². The Kier molecular flexibility index (Phi) is 5.65. The Labute approximate surface area is 176 Å². The fourth-order valence-electron chi connectivity index (χ4n) is 2.97. The summed E-state index contributed by atoms with van der Waals surface area (Å²) < 4.78 is 20.9. The van der Waals surface area contributed by atoms with Crippen molar-refractivity contribution in [3.8, 4) is 23.0 Å². The minimum atomic E-state index is -0.638. The van der Waals surface area contributed by atoms with E-state index in [2.05, 4.69) is 10.3 Å². The summed E-state index contributed by atoms with van der Waals surface area (Å²) in [4.78, 5) is 40.4. The van der Waals surface area contributed by atoms with E-state index >= 15 is 0 Å². The fraction of sp³-hybridized carbons (Fsp3) is 0.182. The standard InChI is InChI=1S/C22H18N2O7/c1-13(25)16-8-18-19(31-12-30-18)9-17(16)24-20(26)11-28-21(27)7-15-10-29-22(23-15)14-5-3-2-4-6-14/h2-6,8-10H,7,11-12H2,1H3,(H,24,26). The first-order valence-corrected chi connectivity index (χ1v) is 9.39. The number of carbonyl (C=O) groups is 3. The molecule has 1 aliphatic rings. The molecule has 31 heavy (non-hydrogen) atoms. The molecule has 0 unspecified atom stereocenters. The number of benzene rings is 2. The van der Waals surface area contributed by atoms with Crippen molar-refractivity contribution >= 4 is 23.3 Å². The maximum Gasteiger partial charge on any atom is 0.312 e. The Morgan fingerprint density at radius 2 is 1.84 bits per heavy atom. The van der Waals surface area contributed by atoms with E-state index in [1.54, 1.807) is 0 Å². The number of nitrogens with zero attached hydrogens (tertiary/aromatic N) is 1. The number of rotatable bonds is 7. The van der Waals surface area contributed by atoms with E-state index in [9.17, 15) is 14.4 Å².